The Morgan fingerprint density at radius 3 is 2.74 bits per heavy atom. The standard InChI is InChI=1S/C15H16N2S.ClH/c1-2-3-10-17-13-8-5-4-7-12(13)16-15(17)14-9-6-11-18-14;/h4-9,11H,2-3,10H2,1H3;1H. The van der Waals surface area contributed by atoms with Crippen molar-refractivity contribution in [3.05, 3.63) is 41.8 Å². The second-order valence-electron chi connectivity index (χ2n) is 4.41. The van der Waals surface area contributed by atoms with Gasteiger partial charge in [-0.05, 0) is 30.0 Å². The highest BCUT2D eigenvalue weighted by Crippen LogP contribution is 2.28. The first-order chi connectivity index (χ1) is 8.90. The summed E-state index contributed by atoms with van der Waals surface area (Å²) in [5.41, 5.74) is 2.34. The third-order valence-electron chi connectivity index (χ3n) is 3.13. The predicted molar refractivity (Wildman–Crippen MR) is 85.2 cm³/mol. The van der Waals surface area contributed by atoms with Crippen LogP contribution < -0.4 is 0 Å². The number of unbranched alkanes of at least 4 members (excludes halogenated alkanes) is 1. The summed E-state index contributed by atoms with van der Waals surface area (Å²) in [6.07, 6.45) is 2.40. The van der Waals surface area contributed by atoms with E-state index in [-0.39, 0.29) is 12.4 Å². The number of thiophene rings is 1. The molecule has 4 heteroatoms. The molecule has 0 atom stereocenters. The van der Waals surface area contributed by atoms with E-state index < -0.39 is 0 Å². The van der Waals surface area contributed by atoms with E-state index >= 15 is 0 Å². The van der Waals surface area contributed by atoms with Crippen LogP contribution in [0.5, 0.6) is 0 Å². The van der Waals surface area contributed by atoms with Crippen molar-refractivity contribution in [1.29, 1.82) is 0 Å². The molecule has 0 spiro atoms. The number of rotatable bonds is 4. The van der Waals surface area contributed by atoms with E-state index in [4.69, 9.17) is 4.98 Å². The highest BCUT2D eigenvalue weighted by Gasteiger charge is 2.12. The van der Waals surface area contributed by atoms with Crippen molar-refractivity contribution in [3.63, 3.8) is 0 Å². The van der Waals surface area contributed by atoms with Crippen molar-refractivity contribution >= 4 is 34.8 Å². The lowest BCUT2D eigenvalue weighted by Crippen LogP contribution is -1.99. The molecule has 0 aliphatic rings. The van der Waals surface area contributed by atoms with E-state index in [1.165, 1.54) is 23.2 Å². The number of fused-ring (bicyclic) bond motifs is 1. The minimum Gasteiger partial charge on any atom is -0.323 e. The number of hydrogen-bond acceptors (Lipinski definition) is 2. The number of nitrogens with zero attached hydrogens (tertiary/aromatic N) is 2. The molecule has 0 saturated heterocycles. The number of aryl methyl sites for hydroxylation is 1. The highest BCUT2D eigenvalue weighted by atomic mass is 35.5. The van der Waals surface area contributed by atoms with Crippen LogP contribution in [0.25, 0.3) is 21.7 Å². The zero-order valence-corrected chi connectivity index (χ0v) is 12.5. The van der Waals surface area contributed by atoms with Crippen LogP contribution in [-0.2, 0) is 6.54 Å². The first-order valence-electron chi connectivity index (χ1n) is 6.39. The molecule has 2 aromatic heterocycles. The van der Waals surface area contributed by atoms with Gasteiger partial charge in [0.2, 0.25) is 0 Å². The Kier molecular flexibility index (Phi) is 4.61. The fourth-order valence-electron chi connectivity index (χ4n) is 2.21. The average molecular weight is 293 g/mol. The fourth-order valence-corrected chi connectivity index (χ4v) is 2.93. The summed E-state index contributed by atoms with van der Waals surface area (Å²) in [5.74, 6) is 1.11. The lowest BCUT2D eigenvalue weighted by atomic mass is 10.3. The maximum absolute atomic E-state index is 4.78. The summed E-state index contributed by atoms with van der Waals surface area (Å²) in [6, 6.07) is 12.6. The molecule has 0 saturated carbocycles. The van der Waals surface area contributed by atoms with Crippen molar-refractivity contribution in [3.8, 4) is 10.7 Å². The van der Waals surface area contributed by atoms with Crippen molar-refractivity contribution in [2.24, 2.45) is 0 Å². The fraction of sp³-hybridized carbons (Fsp3) is 0.267. The molecule has 2 nitrogen and oxygen atoms in total. The monoisotopic (exact) mass is 292 g/mol. The van der Waals surface area contributed by atoms with E-state index in [1.807, 2.05) is 0 Å². The number of hydrogen-bond donors (Lipinski definition) is 0. The molecule has 0 N–H and O–H groups in total. The largest absolute Gasteiger partial charge is 0.323 e. The van der Waals surface area contributed by atoms with Gasteiger partial charge in [0.15, 0.2) is 5.82 Å². The quantitative estimate of drug-likeness (QED) is 0.662. The number of halogens is 1. The van der Waals surface area contributed by atoms with Gasteiger partial charge in [-0.25, -0.2) is 4.98 Å². The first kappa shape index (κ1) is 14.1. The molecule has 100 valence electrons. The Morgan fingerprint density at radius 2 is 2.00 bits per heavy atom. The zero-order valence-electron chi connectivity index (χ0n) is 10.9. The Hall–Kier alpha value is -1.32. The lowest BCUT2D eigenvalue weighted by molar-refractivity contribution is 0.651. The maximum Gasteiger partial charge on any atom is 0.151 e. The van der Waals surface area contributed by atoms with Crippen LogP contribution in [0.3, 0.4) is 0 Å². The van der Waals surface area contributed by atoms with E-state index in [0.717, 1.165) is 17.9 Å². The molecule has 19 heavy (non-hydrogen) atoms. The molecule has 3 rings (SSSR count). The summed E-state index contributed by atoms with van der Waals surface area (Å²) in [5, 5.41) is 2.11. The summed E-state index contributed by atoms with van der Waals surface area (Å²) in [7, 11) is 0. The van der Waals surface area contributed by atoms with Gasteiger partial charge >= 0.3 is 0 Å². The average Bonchev–Trinajstić information content (AvgIpc) is 3.03. The maximum atomic E-state index is 4.78. The van der Waals surface area contributed by atoms with Gasteiger partial charge in [-0.1, -0.05) is 31.5 Å². The van der Waals surface area contributed by atoms with Gasteiger partial charge in [0.25, 0.3) is 0 Å². The van der Waals surface area contributed by atoms with Crippen LogP contribution in [0.4, 0.5) is 0 Å². The Morgan fingerprint density at radius 1 is 1.16 bits per heavy atom. The SMILES string of the molecule is CCCCn1c(-c2cccs2)nc2ccccc21.Cl. The summed E-state index contributed by atoms with van der Waals surface area (Å²) in [4.78, 5) is 6.03. The normalized spacial score (nSPS) is 10.6. The Labute approximate surface area is 123 Å². The molecule has 1 aromatic carbocycles. The Balaban J connectivity index is 0.00000133. The van der Waals surface area contributed by atoms with E-state index in [2.05, 4.69) is 53.3 Å². The van der Waals surface area contributed by atoms with Crippen molar-refractivity contribution in [1.82, 2.24) is 9.55 Å². The number of aromatic nitrogens is 2. The molecule has 0 aliphatic carbocycles. The molecular weight excluding hydrogens is 276 g/mol. The van der Waals surface area contributed by atoms with Crippen molar-refractivity contribution < 1.29 is 0 Å². The molecule has 0 unspecified atom stereocenters. The van der Waals surface area contributed by atoms with Crippen molar-refractivity contribution in [2.75, 3.05) is 0 Å². The highest BCUT2D eigenvalue weighted by molar-refractivity contribution is 7.13. The second-order valence-corrected chi connectivity index (χ2v) is 5.35. The second kappa shape index (κ2) is 6.22. The van der Waals surface area contributed by atoms with Gasteiger partial charge in [-0.15, -0.1) is 23.7 Å². The molecule has 0 fully saturated rings. The van der Waals surface area contributed by atoms with Gasteiger partial charge in [0.1, 0.15) is 0 Å². The van der Waals surface area contributed by atoms with E-state index in [0.29, 0.717) is 0 Å². The summed E-state index contributed by atoms with van der Waals surface area (Å²) < 4.78 is 2.35. The summed E-state index contributed by atoms with van der Waals surface area (Å²) in [6.45, 7) is 3.27. The minimum atomic E-state index is 0. The molecule has 2 heterocycles. The molecule has 0 amide bonds. The summed E-state index contributed by atoms with van der Waals surface area (Å²) >= 11 is 1.76. The first-order valence-corrected chi connectivity index (χ1v) is 7.27. The molecule has 0 aliphatic heterocycles. The Bertz CT molecular complexity index is 643. The number of para-hydroxylation sites is 2. The molecule has 0 radical (unpaired) electrons. The van der Waals surface area contributed by atoms with Crippen LogP contribution >= 0.6 is 23.7 Å². The molecular formula is C15H17ClN2S. The van der Waals surface area contributed by atoms with Crippen LogP contribution in [0, 0.1) is 0 Å². The van der Waals surface area contributed by atoms with Gasteiger partial charge in [-0.2, -0.15) is 0 Å². The lowest BCUT2D eigenvalue weighted by Gasteiger charge is -2.06. The van der Waals surface area contributed by atoms with Crippen LogP contribution in [-0.4, -0.2) is 9.55 Å². The van der Waals surface area contributed by atoms with E-state index in [9.17, 15) is 0 Å². The third kappa shape index (κ3) is 2.67. The van der Waals surface area contributed by atoms with E-state index in [1.54, 1.807) is 11.3 Å². The van der Waals surface area contributed by atoms with Gasteiger partial charge in [0.05, 0.1) is 15.9 Å². The zero-order chi connectivity index (χ0) is 12.4. The van der Waals surface area contributed by atoms with Crippen LogP contribution in [0.2, 0.25) is 0 Å². The topological polar surface area (TPSA) is 17.8 Å². The molecule has 3 aromatic rings. The van der Waals surface area contributed by atoms with Crippen molar-refractivity contribution in [2.45, 2.75) is 26.3 Å². The predicted octanol–water partition coefficient (Wildman–Crippen LogP) is 4.99. The number of imidazole rings is 1. The van der Waals surface area contributed by atoms with Gasteiger partial charge in [-0.3, -0.25) is 0 Å². The smallest absolute Gasteiger partial charge is 0.151 e. The number of benzene rings is 1. The molecule has 0 bridgehead atoms. The van der Waals surface area contributed by atoms with Crippen LogP contribution in [0.15, 0.2) is 41.8 Å². The van der Waals surface area contributed by atoms with Gasteiger partial charge in [0, 0.05) is 6.54 Å². The minimum absolute atomic E-state index is 0. The third-order valence-corrected chi connectivity index (χ3v) is 4.00. The van der Waals surface area contributed by atoms with Gasteiger partial charge < -0.3 is 4.57 Å². The van der Waals surface area contributed by atoms with Crippen LogP contribution in [0.1, 0.15) is 19.8 Å².